The molecule has 1 aromatic rings. The summed E-state index contributed by atoms with van der Waals surface area (Å²) in [4.78, 5) is 14.3. The summed E-state index contributed by atoms with van der Waals surface area (Å²) in [7, 11) is 0. The van der Waals surface area contributed by atoms with E-state index in [1.165, 1.54) is 5.57 Å². The SMILES string of the molecule is CC1=CCN(C(=O)OCc2ccccc2)C12CCOCC2. The van der Waals surface area contributed by atoms with Crippen LogP contribution >= 0.6 is 0 Å². The lowest BCUT2D eigenvalue weighted by molar-refractivity contribution is -0.000754. The van der Waals surface area contributed by atoms with Gasteiger partial charge in [-0.15, -0.1) is 0 Å². The number of carbonyl (C=O) groups excluding carboxylic acids is 1. The zero-order valence-electron chi connectivity index (χ0n) is 12.4. The maximum absolute atomic E-state index is 12.5. The smallest absolute Gasteiger partial charge is 0.411 e. The number of benzene rings is 1. The molecule has 0 saturated carbocycles. The Balaban J connectivity index is 1.67. The van der Waals surface area contributed by atoms with Gasteiger partial charge >= 0.3 is 6.09 Å². The largest absolute Gasteiger partial charge is 0.445 e. The number of rotatable bonds is 2. The van der Waals surface area contributed by atoms with Gasteiger partial charge in [-0.05, 0) is 30.9 Å². The first-order chi connectivity index (χ1) is 10.2. The summed E-state index contributed by atoms with van der Waals surface area (Å²) in [6.07, 6.45) is 3.62. The van der Waals surface area contributed by atoms with Gasteiger partial charge in [-0.25, -0.2) is 4.79 Å². The van der Waals surface area contributed by atoms with E-state index in [0.29, 0.717) is 26.4 Å². The molecule has 0 bridgehead atoms. The molecule has 1 amide bonds. The van der Waals surface area contributed by atoms with E-state index in [4.69, 9.17) is 9.47 Å². The fourth-order valence-corrected chi connectivity index (χ4v) is 3.23. The Morgan fingerprint density at radius 1 is 1.29 bits per heavy atom. The molecule has 2 aliphatic heterocycles. The number of carbonyl (C=O) groups is 1. The van der Waals surface area contributed by atoms with Crippen LogP contribution in [0, 0.1) is 0 Å². The zero-order valence-corrected chi connectivity index (χ0v) is 12.4. The van der Waals surface area contributed by atoms with E-state index in [9.17, 15) is 4.79 Å². The maximum Gasteiger partial charge on any atom is 0.411 e. The van der Waals surface area contributed by atoms with Gasteiger partial charge < -0.3 is 9.47 Å². The number of amides is 1. The van der Waals surface area contributed by atoms with Crippen molar-refractivity contribution in [3.8, 4) is 0 Å². The average molecular weight is 287 g/mol. The molecule has 2 heterocycles. The molecule has 0 aliphatic carbocycles. The van der Waals surface area contributed by atoms with E-state index < -0.39 is 0 Å². The molecule has 0 aromatic heterocycles. The Hall–Kier alpha value is -1.81. The Bertz CT molecular complexity index is 532. The summed E-state index contributed by atoms with van der Waals surface area (Å²) in [5.74, 6) is 0. The van der Waals surface area contributed by atoms with Gasteiger partial charge in [-0.2, -0.15) is 0 Å². The zero-order chi connectivity index (χ0) is 14.7. The lowest BCUT2D eigenvalue weighted by Crippen LogP contribution is -2.52. The van der Waals surface area contributed by atoms with Crippen molar-refractivity contribution < 1.29 is 14.3 Å². The topological polar surface area (TPSA) is 38.8 Å². The predicted molar refractivity (Wildman–Crippen MR) is 79.9 cm³/mol. The van der Waals surface area contributed by atoms with Crippen LogP contribution in [0.4, 0.5) is 4.79 Å². The van der Waals surface area contributed by atoms with Crippen LogP contribution in [0.5, 0.6) is 0 Å². The number of nitrogens with zero attached hydrogens (tertiary/aromatic N) is 1. The molecule has 0 radical (unpaired) electrons. The summed E-state index contributed by atoms with van der Waals surface area (Å²) in [6, 6.07) is 9.78. The molecule has 112 valence electrons. The van der Waals surface area contributed by atoms with Crippen molar-refractivity contribution in [3.63, 3.8) is 0 Å². The minimum Gasteiger partial charge on any atom is -0.445 e. The normalized spacial score (nSPS) is 20.4. The van der Waals surface area contributed by atoms with Crippen molar-refractivity contribution in [1.82, 2.24) is 4.90 Å². The van der Waals surface area contributed by atoms with Crippen molar-refractivity contribution in [1.29, 1.82) is 0 Å². The van der Waals surface area contributed by atoms with Crippen molar-refractivity contribution in [2.24, 2.45) is 0 Å². The van der Waals surface area contributed by atoms with Crippen molar-refractivity contribution in [2.75, 3.05) is 19.8 Å². The third kappa shape index (κ3) is 2.68. The number of ether oxygens (including phenoxy) is 2. The molecule has 0 unspecified atom stereocenters. The molecule has 1 aromatic carbocycles. The first-order valence-corrected chi connectivity index (χ1v) is 7.46. The second-order valence-electron chi connectivity index (χ2n) is 5.68. The van der Waals surface area contributed by atoms with Gasteiger partial charge in [0.1, 0.15) is 6.61 Å². The van der Waals surface area contributed by atoms with Crippen LogP contribution in [0.15, 0.2) is 42.0 Å². The van der Waals surface area contributed by atoms with Gasteiger partial charge in [0.2, 0.25) is 0 Å². The second-order valence-corrected chi connectivity index (χ2v) is 5.68. The lowest BCUT2D eigenvalue weighted by Gasteiger charge is -2.42. The summed E-state index contributed by atoms with van der Waals surface area (Å²) < 4.78 is 11.0. The molecule has 2 aliphatic rings. The molecular weight excluding hydrogens is 266 g/mol. The van der Waals surface area contributed by atoms with Crippen LogP contribution < -0.4 is 0 Å². The summed E-state index contributed by atoms with van der Waals surface area (Å²) >= 11 is 0. The molecule has 1 fully saturated rings. The van der Waals surface area contributed by atoms with E-state index >= 15 is 0 Å². The Kier molecular flexibility index (Phi) is 3.97. The molecular formula is C17H21NO3. The van der Waals surface area contributed by atoms with Gasteiger partial charge in [0.25, 0.3) is 0 Å². The fraction of sp³-hybridized carbons (Fsp3) is 0.471. The van der Waals surface area contributed by atoms with Crippen LogP contribution in [0.25, 0.3) is 0 Å². The fourth-order valence-electron chi connectivity index (χ4n) is 3.23. The van der Waals surface area contributed by atoms with Gasteiger partial charge in [0, 0.05) is 19.8 Å². The van der Waals surface area contributed by atoms with Crippen LogP contribution in [0.1, 0.15) is 25.3 Å². The van der Waals surface area contributed by atoms with E-state index in [0.717, 1.165) is 18.4 Å². The Labute approximate surface area is 125 Å². The Morgan fingerprint density at radius 3 is 2.71 bits per heavy atom. The highest BCUT2D eigenvalue weighted by Gasteiger charge is 2.45. The quantitative estimate of drug-likeness (QED) is 0.784. The molecule has 4 nitrogen and oxygen atoms in total. The molecule has 0 N–H and O–H groups in total. The minimum atomic E-state index is -0.228. The first-order valence-electron chi connectivity index (χ1n) is 7.46. The molecule has 0 atom stereocenters. The predicted octanol–water partition coefficient (Wildman–Crippen LogP) is 3.13. The van der Waals surface area contributed by atoms with E-state index in [-0.39, 0.29) is 11.6 Å². The van der Waals surface area contributed by atoms with Gasteiger partial charge in [-0.3, -0.25) is 4.90 Å². The number of hydrogen-bond acceptors (Lipinski definition) is 3. The molecule has 3 rings (SSSR count). The third-order valence-corrected chi connectivity index (χ3v) is 4.58. The third-order valence-electron chi connectivity index (χ3n) is 4.58. The van der Waals surface area contributed by atoms with E-state index in [1.807, 2.05) is 35.2 Å². The summed E-state index contributed by atoms with van der Waals surface area (Å²) in [6.45, 7) is 4.47. The molecule has 4 heteroatoms. The highest BCUT2D eigenvalue weighted by Crippen LogP contribution is 2.39. The standard InChI is InChI=1S/C17H21NO3/c1-14-7-10-18(17(14)8-11-20-12-9-17)16(19)21-13-15-5-3-2-4-6-15/h2-7H,8-13H2,1H3. The van der Waals surface area contributed by atoms with E-state index in [2.05, 4.69) is 13.0 Å². The van der Waals surface area contributed by atoms with E-state index in [1.54, 1.807) is 0 Å². The summed E-state index contributed by atoms with van der Waals surface area (Å²) in [5, 5.41) is 0. The molecule has 1 spiro atoms. The van der Waals surface area contributed by atoms with Crippen LogP contribution in [0.2, 0.25) is 0 Å². The maximum atomic E-state index is 12.5. The van der Waals surface area contributed by atoms with Crippen molar-refractivity contribution in [3.05, 3.63) is 47.5 Å². The first kappa shape index (κ1) is 14.1. The van der Waals surface area contributed by atoms with Crippen LogP contribution in [0.3, 0.4) is 0 Å². The van der Waals surface area contributed by atoms with Gasteiger partial charge in [0.05, 0.1) is 5.54 Å². The monoisotopic (exact) mass is 287 g/mol. The summed E-state index contributed by atoms with van der Waals surface area (Å²) in [5.41, 5.74) is 2.09. The van der Waals surface area contributed by atoms with Crippen molar-refractivity contribution in [2.45, 2.75) is 31.9 Å². The van der Waals surface area contributed by atoms with Gasteiger partial charge in [-0.1, -0.05) is 36.4 Å². The minimum absolute atomic E-state index is 0.188. The van der Waals surface area contributed by atoms with Crippen molar-refractivity contribution >= 4 is 6.09 Å². The number of hydrogen-bond donors (Lipinski definition) is 0. The van der Waals surface area contributed by atoms with Crippen LogP contribution in [-0.4, -0.2) is 36.3 Å². The van der Waals surface area contributed by atoms with Crippen LogP contribution in [-0.2, 0) is 16.1 Å². The highest BCUT2D eigenvalue weighted by molar-refractivity contribution is 5.71. The molecule has 1 saturated heterocycles. The molecule has 21 heavy (non-hydrogen) atoms. The lowest BCUT2D eigenvalue weighted by atomic mass is 9.84. The second kappa shape index (κ2) is 5.90. The average Bonchev–Trinajstić information content (AvgIpc) is 2.83. The van der Waals surface area contributed by atoms with Gasteiger partial charge in [0.15, 0.2) is 0 Å². The highest BCUT2D eigenvalue weighted by atomic mass is 16.6. The Morgan fingerprint density at radius 2 is 2.00 bits per heavy atom.